The van der Waals surface area contributed by atoms with E-state index in [1.807, 2.05) is 6.07 Å². The third kappa shape index (κ3) is 5.49. The Balaban J connectivity index is 1.86. The molecule has 1 amide bonds. The molecule has 1 aromatic heterocycles. The minimum absolute atomic E-state index is 0.0261. The first-order valence-corrected chi connectivity index (χ1v) is 8.11. The summed E-state index contributed by atoms with van der Waals surface area (Å²) in [6, 6.07) is 8.28. The van der Waals surface area contributed by atoms with Crippen molar-refractivity contribution in [3.05, 3.63) is 48.0 Å². The predicted octanol–water partition coefficient (Wildman–Crippen LogP) is 1.83. The topological polar surface area (TPSA) is 63.1 Å². The molecule has 2 aromatic rings. The molecule has 23 heavy (non-hydrogen) atoms. The normalized spacial score (nSPS) is 10.9. The van der Waals surface area contributed by atoms with E-state index in [2.05, 4.69) is 52.3 Å². The Morgan fingerprint density at radius 1 is 1.22 bits per heavy atom. The van der Waals surface area contributed by atoms with E-state index in [-0.39, 0.29) is 5.91 Å². The summed E-state index contributed by atoms with van der Waals surface area (Å²) in [7, 11) is 0. The molecule has 0 aliphatic heterocycles. The van der Waals surface area contributed by atoms with Crippen LogP contribution in [-0.4, -0.2) is 38.7 Å². The average molecular weight is 315 g/mol. The number of nitrogens with zero attached hydrogens (tertiary/aromatic N) is 4. The van der Waals surface area contributed by atoms with Gasteiger partial charge in [0.2, 0.25) is 5.91 Å². The fourth-order valence-electron chi connectivity index (χ4n) is 2.42. The van der Waals surface area contributed by atoms with E-state index in [9.17, 15) is 4.79 Å². The Labute approximate surface area is 137 Å². The Morgan fingerprint density at radius 2 is 1.96 bits per heavy atom. The van der Waals surface area contributed by atoms with Gasteiger partial charge in [0.05, 0.1) is 6.54 Å². The monoisotopic (exact) mass is 315 g/mol. The third-order valence-electron chi connectivity index (χ3n) is 3.92. The first kappa shape index (κ1) is 17.1. The van der Waals surface area contributed by atoms with E-state index in [4.69, 9.17) is 0 Å². The fourth-order valence-corrected chi connectivity index (χ4v) is 2.42. The molecule has 0 saturated heterocycles. The van der Waals surface area contributed by atoms with Crippen molar-refractivity contribution in [2.45, 2.75) is 39.9 Å². The summed E-state index contributed by atoms with van der Waals surface area (Å²) in [6.07, 6.45) is 3.50. The number of aryl methyl sites for hydroxylation is 1. The van der Waals surface area contributed by atoms with Crippen LogP contribution in [0.15, 0.2) is 36.9 Å². The largest absolute Gasteiger partial charge is 0.352 e. The van der Waals surface area contributed by atoms with E-state index in [1.165, 1.54) is 17.5 Å². The number of amides is 1. The average Bonchev–Trinajstić information content (AvgIpc) is 3.10. The summed E-state index contributed by atoms with van der Waals surface area (Å²) in [5, 5.41) is 6.98. The number of hydrogen-bond acceptors (Lipinski definition) is 4. The van der Waals surface area contributed by atoms with Crippen LogP contribution in [0.4, 0.5) is 0 Å². The summed E-state index contributed by atoms with van der Waals surface area (Å²) < 4.78 is 1.66. The van der Waals surface area contributed by atoms with Crippen LogP contribution in [0.25, 0.3) is 0 Å². The van der Waals surface area contributed by atoms with Crippen molar-refractivity contribution in [1.29, 1.82) is 0 Å². The van der Waals surface area contributed by atoms with E-state index in [0.717, 1.165) is 19.6 Å². The Kier molecular flexibility index (Phi) is 6.75. The fraction of sp³-hybridized carbons (Fsp3) is 0.471. The second kappa shape index (κ2) is 9.05. The van der Waals surface area contributed by atoms with Gasteiger partial charge in [-0.2, -0.15) is 5.10 Å². The van der Waals surface area contributed by atoms with Crippen molar-refractivity contribution in [3.8, 4) is 0 Å². The predicted molar refractivity (Wildman–Crippen MR) is 89.6 cm³/mol. The lowest BCUT2D eigenvalue weighted by Gasteiger charge is -2.20. The van der Waals surface area contributed by atoms with Gasteiger partial charge in [-0.3, -0.25) is 14.4 Å². The molecule has 0 fully saturated rings. The van der Waals surface area contributed by atoms with Gasteiger partial charge in [0, 0.05) is 19.5 Å². The van der Waals surface area contributed by atoms with Crippen LogP contribution in [0.2, 0.25) is 0 Å². The van der Waals surface area contributed by atoms with Crippen molar-refractivity contribution in [2.24, 2.45) is 0 Å². The minimum atomic E-state index is 0.0261. The van der Waals surface area contributed by atoms with Crippen molar-refractivity contribution in [1.82, 2.24) is 25.0 Å². The van der Waals surface area contributed by atoms with Gasteiger partial charge in [-0.05, 0) is 24.2 Å². The molecule has 6 nitrogen and oxygen atoms in total. The van der Waals surface area contributed by atoms with Gasteiger partial charge in [-0.15, -0.1) is 0 Å². The molecule has 1 N–H and O–H groups in total. The molecule has 1 heterocycles. The van der Waals surface area contributed by atoms with Crippen LogP contribution < -0.4 is 5.32 Å². The molecule has 0 saturated carbocycles. The van der Waals surface area contributed by atoms with Crippen LogP contribution in [0.1, 0.15) is 31.4 Å². The highest BCUT2D eigenvalue weighted by molar-refractivity contribution is 5.75. The molecule has 1 aromatic carbocycles. The molecule has 0 atom stereocenters. The van der Waals surface area contributed by atoms with E-state index >= 15 is 0 Å². The van der Waals surface area contributed by atoms with E-state index in [1.54, 1.807) is 11.0 Å². The molecule has 0 aliphatic rings. The molecular formula is C17H25N5O. The quantitative estimate of drug-likeness (QED) is 0.767. The number of aromatic nitrogens is 3. The van der Waals surface area contributed by atoms with Gasteiger partial charge in [-0.1, -0.05) is 38.1 Å². The summed E-state index contributed by atoms with van der Waals surface area (Å²) >= 11 is 0. The number of benzene rings is 1. The van der Waals surface area contributed by atoms with Crippen LogP contribution in [-0.2, 0) is 24.4 Å². The van der Waals surface area contributed by atoms with Gasteiger partial charge in [0.25, 0.3) is 0 Å². The first-order valence-electron chi connectivity index (χ1n) is 8.11. The lowest BCUT2D eigenvalue weighted by molar-refractivity contribution is -0.121. The second-order valence-electron chi connectivity index (χ2n) is 5.42. The molecule has 6 heteroatoms. The zero-order chi connectivity index (χ0) is 16.5. The molecule has 0 bridgehead atoms. The standard InChI is InChI=1S/C17H25N5O/c1-3-21(4-2)12-16-8-6-5-7-15(16)11-19-17(23)9-10-22-14-18-13-20-22/h5-8,13-14H,3-4,9-12H2,1-2H3,(H,19,23). The van der Waals surface area contributed by atoms with Crippen molar-refractivity contribution >= 4 is 5.91 Å². The Hall–Kier alpha value is -2.21. The lowest BCUT2D eigenvalue weighted by atomic mass is 10.1. The zero-order valence-electron chi connectivity index (χ0n) is 13.9. The highest BCUT2D eigenvalue weighted by atomic mass is 16.1. The zero-order valence-corrected chi connectivity index (χ0v) is 13.9. The first-order chi connectivity index (χ1) is 11.2. The molecule has 124 valence electrons. The van der Waals surface area contributed by atoms with Gasteiger partial charge in [0.15, 0.2) is 0 Å². The summed E-state index contributed by atoms with van der Waals surface area (Å²) in [4.78, 5) is 18.2. The maximum Gasteiger partial charge on any atom is 0.222 e. The summed E-state index contributed by atoms with van der Waals surface area (Å²) in [6.45, 7) is 8.40. The minimum Gasteiger partial charge on any atom is -0.352 e. The van der Waals surface area contributed by atoms with Gasteiger partial charge in [-0.25, -0.2) is 4.98 Å². The molecule has 0 spiro atoms. The summed E-state index contributed by atoms with van der Waals surface area (Å²) in [5.74, 6) is 0.0261. The number of hydrogen-bond donors (Lipinski definition) is 1. The lowest BCUT2D eigenvalue weighted by Crippen LogP contribution is -2.26. The molecular weight excluding hydrogens is 290 g/mol. The van der Waals surface area contributed by atoms with E-state index in [0.29, 0.717) is 19.5 Å². The van der Waals surface area contributed by atoms with E-state index < -0.39 is 0 Å². The summed E-state index contributed by atoms with van der Waals surface area (Å²) in [5.41, 5.74) is 2.45. The number of carbonyl (C=O) groups is 1. The SMILES string of the molecule is CCN(CC)Cc1ccccc1CNC(=O)CCn1cncn1. The molecule has 2 rings (SSSR count). The number of nitrogens with one attached hydrogen (secondary N) is 1. The van der Waals surface area contributed by atoms with Crippen LogP contribution in [0, 0.1) is 0 Å². The highest BCUT2D eigenvalue weighted by Gasteiger charge is 2.08. The van der Waals surface area contributed by atoms with Gasteiger partial charge in [0.1, 0.15) is 12.7 Å². The van der Waals surface area contributed by atoms with Crippen molar-refractivity contribution in [3.63, 3.8) is 0 Å². The van der Waals surface area contributed by atoms with Crippen molar-refractivity contribution in [2.75, 3.05) is 13.1 Å². The third-order valence-corrected chi connectivity index (χ3v) is 3.92. The molecule has 0 radical (unpaired) electrons. The molecule has 0 aliphatic carbocycles. The van der Waals surface area contributed by atoms with Crippen LogP contribution >= 0.6 is 0 Å². The van der Waals surface area contributed by atoms with Crippen LogP contribution in [0.5, 0.6) is 0 Å². The Bertz CT molecular complexity index is 593. The van der Waals surface area contributed by atoms with Crippen molar-refractivity contribution < 1.29 is 4.79 Å². The smallest absolute Gasteiger partial charge is 0.222 e. The number of rotatable bonds is 9. The maximum absolute atomic E-state index is 12.0. The second-order valence-corrected chi connectivity index (χ2v) is 5.42. The number of carbonyl (C=O) groups excluding carboxylic acids is 1. The van der Waals surface area contributed by atoms with Gasteiger partial charge < -0.3 is 5.32 Å². The van der Waals surface area contributed by atoms with Gasteiger partial charge >= 0.3 is 0 Å². The Morgan fingerprint density at radius 3 is 2.61 bits per heavy atom. The highest BCUT2D eigenvalue weighted by Crippen LogP contribution is 2.11. The maximum atomic E-state index is 12.0. The van der Waals surface area contributed by atoms with Crippen LogP contribution in [0.3, 0.4) is 0 Å². The molecule has 0 unspecified atom stereocenters.